The Balaban J connectivity index is 1.36. The molecule has 3 aromatic rings. The van der Waals surface area contributed by atoms with Gasteiger partial charge in [0.2, 0.25) is 5.88 Å². The fourth-order valence-corrected chi connectivity index (χ4v) is 3.84. The van der Waals surface area contributed by atoms with Crippen molar-refractivity contribution in [3.63, 3.8) is 0 Å². The number of rotatable bonds is 5. The van der Waals surface area contributed by atoms with Crippen LogP contribution < -0.4 is 15.0 Å². The summed E-state index contributed by atoms with van der Waals surface area (Å²) >= 11 is 0. The quantitative estimate of drug-likeness (QED) is 0.669. The molecule has 0 saturated carbocycles. The molecule has 0 aliphatic carbocycles. The molecule has 166 valence electrons. The van der Waals surface area contributed by atoms with Crippen LogP contribution in [-0.2, 0) is 7.05 Å². The van der Waals surface area contributed by atoms with Gasteiger partial charge in [0.25, 0.3) is 11.8 Å². The van der Waals surface area contributed by atoms with Crippen LogP contribution in [0.3, 0.4) is 0 Å². The van der Waals surface area contributed by atoms with Gasteiger partial charge in [-0.2, -0.15) is 0 Å². The summed E-state index contributed by atoms with van der Waals surface area (Å²) < 4.78 is 6.66. The molecule has 2 amide bonds. The maximum absolute atomic E-state index is 12.9. The van der Waals surface area contributed by atoms with Crippen molar-refractivity contribution in [3.8, 4) is 5.88 Å². The number of hydrogen-bond donors (Lipinski definition) is 1. The first-order valence-corrected chi connectivity index (χ1v) is 10.5. The molecule has 2 heterocycles. The highest BCUT2D eigenvalue weighted by Gasteiger charge is 2.23. The first-order chi connectivity index (χ1) is 15.4. The number of benzene rings is 2. The predicted molar refractivity (Wildman–Crippen MR) is 123 cm³/mol. The van der Waals surface area contributed by atoms with E-state index >= 15 is 0 Å². The minimum Gasteiger partial charge on any atom is -0.479 e. The Morgan fingerprint density at radius 2 is 1.75 bits per heavy atom. The van der Waals surface area contributed by atoms with E-state index in [4.69, 9.17) is 4.74 Å². The molecule has 1 aliphatic rings. The molecule has 1 aliphatic heterocycles. The van der Waals surface area contributed by atoms with Crippen LogP contribution in [0.4, 0.5) is 11.4 Å². The number of ether oxygens (including phenoxy) is 1. The lowest BCUT2D eigenvalue weighted by molar-refractivity contribution is 0.0746. The maximum atomic E-state index is 12.9. The summed E-state index contributed by atoms with van der Waals surface area (Å²) in [5.74, 6) is -0.0522. The number of aromatic nitrogens is 2. The number of anilines is 2. The van der Waals surface area contributed by atoms with Gasteiger partial charge in [0.1, 0.15) is 5.56 Å². The van der Waals surface area contributed by atoms with Crippen molar-refractivity contribution in [1.29, 1.82) is 0 Å². The lowest BCUT2D eigenvalue weighted by Crippen LogP contribution is -2.48. The zero-order chi connectivity index (χ0) is 22.7. The molecule has 1 saturated heterocycles. The average molecular weight is 434 g/mol. The summed E-state index contributed by atoms with van der Waals surface area (Å²) in [4.78, 5) is 29.6. The number of hydrogen-bond acceptors (Lipinski definition) is 5. The molecule has 2 aromatic carbocycles. The summed E-state index contributed by atoms with van der Waals surface area (Å²) in [6.45, 7) is 5.04. The molecule has 8 nitrogen and oxygen atoms in total. The van der Waals surface area contributed by atoms with Gasteiger partial charge in [-0.25, -0.2) is 0 Å². The molecule has 4 rings (SSSR count). The predicted octanol–water partition coefficient (Wildman–Crippen LogP) is 2.95. The fraction of sp³-hybridized carbons (Fsp3) is 0.292. The Bertz CT molecular complexity index is 1110. The number of nitrogens with one attached hydrogen (secondary N) is 1. The number of methoxy groups -OCH3 is 1. The first kappa shape index (κ1) is 21.4. The molecule has 0 unspecified atom stereocenters. The van der Waals surface area contributed by atoms with Gasteiger partial charge in [-0.1, -0.05) is 12.1 Å². The second-order valence-corrected chi connectivity index (χ2v) is 7.88. The smallest absolute Gasteiger partial charge is 0.262 e. The number of carbonyl (C=O) groups is 2. The van der Waals surface area contributed by atoms with Crippen LogP contribution in [0, 0.1) is 6.92 Å². The number of amides is 2. The maximum Gasteiger partial charge on any atom is 0.262 e. The lowest BCUT2D eigenvalue weighted by Gasteiger charge is -2.36. The van der Waals surface area contributed by atoms with E-state index in [-0.39, 0.29) is 17.7 Å². The van der Waals surface area contributed by atoms with Crippen molar-refractivity contribution in [1.82, 2.24) is 14.7 Å². The Morgan fingerprint density at radius 1 is 1.03 bits per heavy atom. The van der Waals surface area contributed by atoms with Crippen molar-refractivity contribution >= 4 is 23.2 Å². The highest BCUT2D eigenvalue weighted by atomic mass is 16.5. The molecule has 1 aromatic heterocycles. The van der Waals surface area contributed by atoms with Crippen molar-refractivity contribution in [2.45, 2.75) is 6.92 Å². The fourth-order valence-electron chi connectivity index (χ4n) is 3.84. The highest BCUT2D eigenvalue weighted by molar-refractivity contribution is 6.06. The molecule has 1 N–H and O–H groups in total. The van der Waals surface area contributed by atoms with Crippen LogP contribution in [0.5, 0.6) is 5.88 Å². The Labute approximate surface area is 187 Å². The number of nitrogens with zero attached hydrogens (tertiary/aromatic N) is 4. The van der Waals surface area contributed by atoms with Crippen molar-refractivity contribution < 1.29 is 14.3 Å². The third kappa shape index (κ3) is 4.59. The molecule has 0 atom stereocenters. The van der Waals surface area contributed by atoms with Gasteiger partial charge in [0, 0.05) is 56.4 Å². The molecule has 8 heteroatoms. The van der Waals surface area contributed by atoms with E-state index < -0.39 is 0 Å². The molecule has 0 spiro atoms. The van der Waals surface area contributed by atoms with Gasteiger partial charge in [0.15, 0.2) is 0 Å². The molecule has 32 heavy (non-hydrogen) atoms. The van der Waals surface area contributed by atoms with Crippen LogP contribution in [0.25, 0.3) is 0 Å². The number of piperazine rings is 1. The van der Waals surface area contributed by atoms with Crippen molar-refractivity contribution in [2.75, 3.05) is 43.5 Å². The van der Waals surface area contributed by atoms with Crippen LogP contribution >= 0.6 is 0 Å². The monoisotopic (exact) mass is 433 g/mol. The van der Waals surface area contributed by atoms with Gasteiger partial charge < -0.3 is 19.9 Å². The highest BCUT2D eigenvalue weighted by Crippen LogP contribution is 2.20. The largest absolute Gasteiger partial charge is 0.479 e. The summed E-state index contributed by atoms with van der Waals surface area (Å²) in [5.41, 5.74) is 3.98. The Hall–Kier alpha value is -3.81. The number of aryl methyl sites for hydroxylation is 2. The van der Waals surface area contributed by atoms with Crippen LogP contribution in [0.2, 0.25) is 0 Å². The third-order valence-corrected chi connectivity index (χ3v) is 5.56. The number of carbonyl (C=O) groups excluding carboxylic acids is 2. The lowest BCUT2D eigenvalue weighted by atomic mass is 10.1. The van der Waals surface area contributed by atoms with Crippen molar-refractivity contribution in [3.05, 3.63) is 71.4 Å². The van der Waals surface area contributed by atoms with Crippen LogP contribution in [0.15, 0.2) is 54.7 Å². The molecule has 0 radical (unpaired) electrons. The van der Waals surface area contributed by atoms with E-state index in [2.05, 4.69) is 46.5 Å². The van der Waals surface area contributed by atoms with Gasteiger partial charge in [-0.3, -0.25) is 14.3 Å². The van der Waals surface area contributed by atoms with Gasteiger partial charge in [-0.05, 0) is 48.9 Å². The minimum absolute atomic E-state index is 0.000646. The SMILES string of the molecule is COc1nn(C)cc1C(=O)Nc1ccc(C(=O)N2CCN(c3cccc(C)c3)CC2)cc1. The molecule has 1 fully saturated rings. The third-order valence-electron chi connectivity index (χ3n) is 5.56. The van der Waals surface area contributed by atoms with Crippen molar-refractivity contribution in [2.24, 2.45) is 7.05 Å². The zero-order valence-corrected chi connectivity index (χ0v) is 18.5. The molecule has 0 bridgehead atoms. The van der Waals surface area contributed by atoms with E-state index in [9.17, 15) is 9.59 Å². The molecular weight excluding hydrogens is 406 g/mol. The normalized spacial score (nSPS) is 13.7. The zero-order valence-electron chi connectivity index (χ0n) is 18.5. The second kappa shape index (κ2) is 9.13. The minimum atomic E-state index is -0.318. The Morgan fingerprint density at radius 3 is 2.41 bits per heavy atom. The summed E-state index contributed by atoms with van der Waals surface area (Å²) in [6, 6.07) is 15.4. The van der Waals surface area contributed by atoms with E-state index in [0.717, 1.165) is 13.1 Å². The first-order valence-electron chi connectivity index (χ1n) is 10.5. The average Bonchev–Trinajstić information content (AvgIpc) is 3.20. The Kier molecular flexibility index (Phi) is 6.11. The van der Waals surface area contributed by atoms with E-state index in [1.54, 1.807) is 37.5 Å². The summed E-state index contributed by atoms with van der Waals surface area (Å²) in [6.07, 6.45) is 1.60. The van der Waals surface area contributed by atoms with Gasteiger partial charge >= 0.3 is 0 Å². The van der Waals surface area contributed by atoms with Crippen LogP contribution in [-0.4, -0.2) is 59.8 Å². The topological polar surface area (TPSA) is 79.7 Å². The van der Waals surface area contributed by atoms with E-state index in [1.807, 2.05) is 4.90 Å². The van der Waals surface area contributed by atoms with Crippen LogP contribution in [0.1, 0.15) is 26.3 Å². The standard InChI is InChI=1S/C24H27N5O3/c1-17-5-4-6-20(15-17)28-11-13-29(14-12-28)24(31)18-7-9-19(10-8-18)25-22(30)21-16-27(2)26-23(21)32-3/h4-10,15-16H,11-14H2,1-3H3,(H,25,30). The molecular formula is C24H27N5O3. The van der Waals surface area contributed by atoms with E-state index in [1.165, 1.54) is 23.0 Å². The van der Waals surface area contributed by atoms with E-state index in [0.29, 0.717) is 29.9 Å². The second-order valence-electron chi connectivity index (χ2n) is 7.88. The summed E-state index contributed by atoms with van der Waals surface area (Å²) in [5, 5.41) is 6.91. The van der Waals surface area contributed by atoms with Gasteiger partial charge in [0.05, 0.1) is 7.11 Å². The van der Waals surface area contributed by atoms with Gasteiger partial charge in [-0.15, -0.1) is 5.10 Å². The summed E-state index contributed by atoms with van der Waals surface area (Å²) in [7, 11) is 3.20.